The van der Waals surface area contributed by atoms with Crippen LogP contribution in [0.4, 0.5) is 26.3 Å². The van der Waals surface area contributed by atoms with Crippen LogP contribution in [0.3, 0.4) is 0 Å². The molecule has 2 aromatic carbocycles. The third kappa shape index (κ3) is 5.47. The number of alkyl halides is 6. The van der Waals surface area contributed by atoms with Gasteiger partial charge in [0, 0.05) is 36.2 Å². The van der Waals surface area contributed by atoms with Crippen molar-refractivity contribution in [2.24, 2.45) is 0 Å². The third-order valence-corrected chi connectivity index (χ3v) is 4.61. The fourth-order valence-corrected chi connectivity index (χ4v) is 3.16. The van der Waals surface area contributed by atoms with Gasteiger partial charge in [0.1, 0.15) is 17.2 Å². The molecule has 0 radical (unpaired) electrons. The molecular weight excluding hydrogens is 412 g/mol. The van der Waals surface area contributed by atoms with Crippen LogP contribution >= 0.6 is 0 Å². The van der Waals surface area contributed by atoms with Crippen LogP contribution in [0.5, 0.6) is 17.2 Å². The SMILES string of the molecule is Cc1c(Oc2ccc(C(F)(F)F)cc2)ccc2c1OCCC2NC/C=C/C(F)(F)F. The second-order valence-electron chi connectivity index (χ2n) is 6.77. The molecule has 0 spiro atoms. The predicted molar refractivity (Wildman–Crippen MR) is 98.7 cm³/mol. The Labute approximate surface area is 169 Å². The molecule has 9 heteroatoms. The summed E-state index contributed by atoms with van der Waals surface area (Å²) in [5.74, 6) is 1.22. The first-order chi connectivity index (χ1) is 14.0. The van der Waals surface area contributed by atoms with Gasteiger partial charge in [0.05, 0.1) is 12.2 Å². The molecule has 1 aliphatic rings. The first-order valence-corrected chi connectivity index (χ1v) is 9.14. The van der Waals surface area contributed by atoms with Crippen LogP contribution < -0.4 is 14.8 Å². The quantitative estimate of drug-likeness (QED) is 0.443. The Bertz CT molecular complexity index is 903. The maximum absolute atomic E-state index is 12.7. The van der Waals surface area contributed by atoms with E-state index in [-0.39, 0.29) is 24.4 Å². The van der Waals surface area contributed by atoms with E-state index in [0.717, 1.165) is 23.8 Å². The third-order valence-electron chi connectivity index (χ3n) is 4.61. The Morgan fingerprint density at radius 1 is 1.07 bits per heavy atom. The van der Waals surface area contributed by atoms with Crippen LogP contribution in [0.25, 0.3) is 0 Å². The fraction of sp³-hybridized carbons (Fsp3) is 0.333. The van der Waals surface area contributed by atoms with Crippen molar-refractivity contribution in [2.75, 3.05) is 13.2 Å². The van der Waals surface area contributed by atoms with E-state index in [1.165, 1.54) is 12.1 Å². The Kier molecular flexibility index (Phi) is 6.30. The van der Waals surface area contributed by atoms with Crippen molar-refractivity contribution >= 4 is 0 Å². The molecule has 3 nitrogen and oxygen atoms in total. The summed E-state index contributed by atoms with van der Waals surface area (Å²) in [5, 5.41) is 3.05. The molecule has 3 rings (SSSR count). The van der Waals surface area contributed by atoms with E-state index in [1.807, 2.05) is 0 Å². The van der Waals surface area contributed by atoms with Crippen LogP contribution in [0.15, 0.2) is 48.6 Å². The molecule has 0 fully saturated rings. The molecule has 2 aromatic rings. The van der Waals surface area contributed by atoms with Crippen LogP contribution in [0.2, 0.25) is 0 Å². The molecule has 0 saturated heterocycles. The highest BCUT2D eigenvalue weighted by molar-refractivity contribution is 5.52. The van der Waals surface area contributed by atoms with E-state index in [1.54, 1.807) is 19.1 Å². The van der Waals surface area contributed by atoms with Gasteiger partial charge in [-0.3, -0.25) is 0 Å². The molecule has 1 N–H and O–H groups in total. The van der Waals surface area contributed by atoms with Gasteiger partial charge in [-0.15, -0.1) is 0 Å². The lowest BCUT2D eigenvalue weighted by Crippen LogP contribution is -2.27. The average Bonchev–Trinajstić information content (AvgIpc) is 2.66. The summed E-state index contributed by atoms with van der Waals surface area (Å²) in [4.78, 5) is 0. The molecule has 162 valence electrons. The zero-order valence-corrected chi connectivity index (χ0v) is 15.9. The monoisotopic (exact) mass is 431 g/mol. The van der Waals surface area contributed by atoms with Gasteiger partial charge in [0.25, 0.3) is 0 Å². The Hall–Kier alpha value is -2.68. The number of fused-ring (bicyclic) bond motifs is 1. The number of nitrogens with one attached hydrogen (secondary N) is 1. The van der Waals surface area contributed by atoms with Crippen LogP contribution in [0.1, 0.15) is 29.2 Å². The van der Waals surface area contributed by atoms with Gasteiger partial charge in [-0.05, 0) is 37.3 Å². The molecule has 0 saturated carbocycles. The molecule has 1 aliphatic heterocycles. The number of allylic oxidation sites excluding steroid dienone is 1. The van der Waals surface area contributed by atoms with E-state index in [4.69, 9.17) is 9.47 Å². The van der Waals surface area contributed by atoms with E-state index in [2.05, 4.69) is 5.32 Å². The van der Waals surface area contributed by atoms with Crippen molar-refractivity contribution in [1.29, 1.82) is 0 Å². The second kappa shape index (κ2) is 8.59. The minimum Gasteiger partial charge on any atom is -0.493 e. The van der Waals surface area contributed by atoms with Crippen molar-refractivity contribution in [1.82, 2.24) is 5.32 Å². The van der Waals surface area contributed by atoms with Gasteiger partial charge >= 0.3 is 12.4 Å². The van der Waals surface area contributed by atoms with Gasteiger partial charge in [-0.2, -0.15) is 26.3 Å². The average molecular weight is 431 g/mol. The summed E-state index contributed by atoms with van der Waals surface area (Å²) < 4.78 is 86.1. The molecule has 30 heavy (non-hydrogen) atoms. The molecular formula is C21H19F6NO2. The van der Waals surface area contributed by atoms with E-state index < -0.39 is 17.9 Å². The minimum atomic E-state index is -4.43. The normalized spacial score (nSPS) is 17.0. The Balaban J connectivity index is 1.73. The smallest absolute Gasteiger partial charge is 0.416 e. The van der Waals surface area contributed by atoms with Crippen molar-refractivity contribution < 1.29 is 35.8 Å². The minimum absolute atomic E-state index is 0.0481. The summed E-state index contributed by atoms with van der Waals surface area (Å²) in [5.41, 5.74) is 0.678. The number of ether oxygens (including phenoxy) is 2. The molecule has 1 heterocycles. The van der Waals surface area contributed by atoms with Gasteiger partial charge in [0.15, 0.2) is 0 Å². The first-order valence-electron chi connectivity index (χ1n) is 9.14. The largest absolute Gasteiger partial charge is 0.493 e. The fourth-order valence-electron chi connectivity index (χ4n) is 3.16. The Morgan fingerprint density at radius 3 is 2.40 bits per heavy atom. The summed E-state index contributed by atoms with van der Waals surface area (Å²) in [7, 11) is 0. The van der Waals surface area contributed by atoms with E-state index in [0.29, 0.717) is 30.1 Å². The van der Waals surface area contributed by atoms with Gasteiger partial charge in [0.2, 0.25) is 0 Å². The number of halogens is 6. The highest BCUT2D eigenvalue weighted by Gasteiger charge is 2.30. The van der Waals surface area contributed by atoms with Crippen molar-refractivity contribution in [3.8, 4) is 17.2 Å². The molecule has 0 aliphatic carbocycles. The van der Waals surface area contributed by atoms with Gasteiger partial charge in [-0.25, -0.2) is 0 Å². The lowest BCUT2D eigenvalue weighted by molar-refractivity contribution is -0.137. The van der Waals surface area contributed by atoms with Crippen LogP contribution in [0, 0.1) is 6.92 Å². The Morgan fingerprint density at radius 2 is 1.77 bits per heavy atom. The maximum Gasteiger partial charge on any atom is 0.416 e. The molecule has 0 bridgehead atoms. The lowest BCUT2D eigenvalue weighted by atomic mass is 9.97. The topological polar surface area (TPSA) is 30.5 Å². The van der Waals surface area contributed by atoms with Crippen LogP contribution in [-0.4, -0.2) is 19.3 Å². The predicted octanol–water partition coefficient (Wildman–Crippen LogP) is 6.34. The molecule has 1 atom stereocenters. The highest BCUT2D eigenvalue weighted by Crippen LogP contribution is 2.40. The van der Waals surface area contributed by atoms with Gasteiger partial charge in [-0.1, -0.05) is 12.1 Å². The van der Waals surface area contributed by atoms with Gasteiger partial charge < -0.3 is 14.8 Å². The lowest BCUT2D eigenvalue weighted by Gasteiger charge is -2.28. The second-order valence-corrected chi connectivity index (χ2v) is 6.77. The summed E-state index contributed by atoms with van der Waals surface area (Å²) in [6, 6.07) is 7.57. The zero-order chi connectivity index (χ0) is 21.9. The van der Waals surface area contributed by atoms with E-state index >= 15 is 0 Å². The number of benzene rings is 2. The van der Waals surface area contributed by atoms with Crippen LogP contribution in [-0.2, 0) is 6.18 Å². The zero-order valence-electron chi connectivity index (χ0n) is 15.9. The number of hydrogen-bond acceptors (Lipinski definition) is 3. The van der Waals surface area contributed by atoms with Crippen molar-refractivity contribution in [2.45, 2.75) is 31.7 Å². The summed E-state index contributed by atoms with van der Waals surface area (Å²) >= 11 is 0. The summed E-state index contributed by atoms with van der Waals surface area (Å²) in [6.07, 6.45) is -6.98. The summed E-state index contributed by atoms with van der Waals surface area (Å²) in [6.45, 7) is 2.18. The molecule has 0 aromatic heterocycles. The number of hydrogen-bond donors (Lipinski definition) is 1. The highest BCUT2D eigenvalue weighted by atomic mass is 19.4. The van der Waals surface area contributed by atoms with Crippen molar-refractivity contribution in [3.63, 3.8) is 0 Å². The van der Waals surface area contributed by atoms with Crippen molar-refractivity contribution in [3.05, 3.63) is 65.2 Å². The standard InChI is InChI=1S/C21H19F6NO2/c1-13-18(30-15-5-3-14(4-6-15)21(25,26)27)8-7-16-17(9-12-29-19(13)16)28-11-2-10-20(22,23)24/h2-8,10,17,28H,9,11-12H2,1H3/b10-2+. The first kappa shape index (κ1) is 22.0. The molecule has 0 amide bonds. The molecule has 1 unspecified atom stereocenters. The number of rotatable bonds is 5. The van der Waals surface area contributed by atoms with E-state index in [9.17, 15) is 26.3 Å². The maximum atomic E-state index is 12.7.